The third-order valence-corrected chi connectivity index (χ3v) is 10.1. The predicted molar refractivity (Wildman–Crippen MR) is 214 cm³/mol. The molecule has 4 rings (SSSR count). The maximum Gasteiger partial charge on any atom is 0.246 e. The van der Waals surface area contributed by atoms with E-state index in [4.69, 9.17) is 14.2 Å². The third-order valence-electron chi connectivity index (χ3n) is 10.1. The Morgan fingerprint density at radius 3 is 1.89 bits per heavy atom. The fraction of sp³-hybridized carbons (Fsp3) is 0.605. The maximum atomic E-state index is 14.1. The SMILES string of the molecule is CC(C)CC[C@H](NC(=O)[C@H](Cc1ccccc1)NC(=O)[C@H](CC(C)C)NC(=O)[C@H](CCc1ccccc1)NC(=O)COCCN1CCOCC1)C(=O)[C@@]1(C)CO1. The van der Waals surface area contributed by atoms with Crippen molar-refractivity contribution >= 4 is 29.4 Å². The number of morpholine rings is 1. The summed E-state index contributed by atoms with van der Waals surface area (Å²) in [6, 6.07) is 15.2. The van der Waals surface area contributed by atoms with Crippen molar-refractivity contribution in [2.24, 2.45) is 11.8 Å². The Labute approximate surface area is 332 Å². The quantitative estimate of drug-likeness (QED) is 0.0926. The van der Waals surface area contributed by atoms with Crippen LogP contribution in [0.1, 0.15) is 71.4 Å². The Morgan fingerprint density at radius 1 is 0.714 bits per heavy atom. The zero-order valence-electron chi connectivity index (χ0n) is 33.9. The zero-order chi connectivity index (χ0) is 40.5. The lowest BCUT2D eigenvalue weighted by molar-refractivity contribution is -0.135. The van der Waals surface area contributed by atoms with Crippen molar-refractivity contribution in [3.05, 3.63) is 71.8 Å². The van der Waals surface area contributed by atoms with E-state index in [1.165, 1.54) is 0 Å². The minimum Gasteiger partial charge on any atom is -0.379 e. The molecule has 2 saturated heterocycles. The Kier molecular flexibility index (Phi) is 17.9. The number of nitrogens with zero attached hydrogens (tertiary/aromatic N) is 1. The average Bonchev–Trinajstić information content (AvgIpc) is 3.94. The van der Waals surface area contributed by atoms with E-state index in [2.05, 4.69) is 40.0 Å². The first-order valence-electron chi connectivity index (χ1n) is 20.2. The summed E-state index contributed by atoms with van der Waals surface area (Å²) < 4.78 is 16.5. The summed E-state index contributed by atoms with van der Waals surface area (Å²) in [6.07, 6.45) is 2.41. The molecule has 2 aliphatic rings. The molecule has 2 aliphatic heterocycles. The minimum atomic E-state index is -1.04. The highest BCUT2D eigenvalue weighted by Crippen LogP contribution is 2.29. The summed E-state index contributed by atoms with van der Waals surface area (Å²) in [6.45, 7) is 13.8. The molecule has 2 fully saturated rings. The molecule has 56 heavy (non-hydrogen) atoms. The van der Waals surface area contributed by atoms with Gasteiger partial charge < -0.3 is 35.5 Å². The first-order chi connectivity index (χ1) is 26.8. The van der Waals surface area contributed by atoms with Crippen molar-refractivity contribution in [2.75, 3.05) is 52.7 Å². The Bertz CT molecular complexity index is 1550. The number of hydrogen-bond donors (Lipinski definition) is 4. The molecule has 4 N–H and O–H groups in total. The molecule has 2 heterocycles. The number of ketones is 1. The van der Waals surface area contributed by atoms with Crippen LogP contribution in [-0.2, 0) is 51.0 Å². The first kappa shape index (κ1) is 44.5. The lowest BCUT2D eigenvalue weighted by Crippen LogP contribution is -2.59. The first-order valence-corrected chi connectivity index (χ1v) is 20.2. The van der Waals surface area contributed by atoms with Crippen LogP contribution >= 0.6 is 0 Å². The second-order valence-electron chi connectivity index (χ2n) is 16.0. The van der Waals surface area contributed by atoms with Crippen molar-refractivity contribution in [2.45, 2.75) is 103 Å². The number of carbonyl (C=O) groups excluding carboxylic acids is 5. The molecule has 0 radical (unpaired) electrons. The number of hydrogen-bond acceptors (Lipinski definition) is 9. The van der Waals surface area contributed by atoms with Gasteiger partial charge in [0, 0.05) is 26.1 Å². The number of benzene rings is 2. The van der Waals surface area contributed by atoms with Gasteiger partial charge in [0.15, 0.2) is 5.78 Å². The third kappa shape index (κ3) is 15.4. The molecule has 0 spiro atoms. The standard InChI is InChI=1S/C43H63N5O8/c1-30(2)16-18-34(39(50)43(5)29-56-43)45-42(53)37(27-33-14-10-7-11-15-33)47-41(52)36(26-31(3)4)46-40(51)35(19-17-32-12-8-6-9-13-32)44-38(49)28-55-25-22-48-20-23-54-24-21-48/h6-15,30-31,34-37H,16-29H2,1-5H3,(H,44,49)(H,45,53)(H,46,51)(H,47,52)/t34-,35-,36-,37-,43+/m0/s1. The van der Waals surface area contributed by atoms with Gasteiger partial charge in [0.1, 0.15) is 30.3 Å². The van der Waals surface area contributed by atoms with E-state index in [-0.39, 0.29) is 31.1 Å². The lowest BCUT2D eigenvalue weighted by atomic mass is 9.93. The fourth-order valence-electron chi connectivity index (χ4n) is 6.61. The molecule has 0 aromatic heterocycles. The van der Waals surface area contributed by atoms with Gasteiger partial charge in [-0.05, 0) is 62.0 Å². The molecular weight excluding hydrogens is 715 g/mol. The fourth-order valence-corrected chi connectivity index (χ4v) is 6.61. The second-order valence-corrected chi connectivity index (χ2v) is 16.0. The van der Waals surface area contributed by atoms with Gasteiger partial charge in [0.25, 0.3) is 0 Å². The van der Waals surface area contributed by atoms with Crippen molar-refractivity contribution in [1.29, 1.82) is 0 Å². The molecule has 0 aliphatic carbocycles. The summed E-state index contributed by atoms with van der Waals surface area (Å²) in [7, 11) is 0. The number of ether oxygens (including phenoxy) is 3. The Balaban J connectivity index is 1.47. The lowest BCUT2D eigenvalue weighted by Gasteiger charge is -2.28. The van der Waals surface area contributed by atoms with Crippen LogP contribution < -0.4 is 21.3 Å². The van der Waals surface area contributed by atoms with Gasteiger partial charge in [0.05, 0.1) is 32.5 Å². The van der Waals surface area contributed by atoms with Crippen molar-refractivity contribution in [3.63, 3.8) is 0 Å². The van der Waals surface area contributed by atoms with Crippen molar-refractivity contribution < 1.29 is 38.2 Å². The summed E-state index contributed by atoms with van der Waals surface area (Å²) in [5.41, 5.74) is 0.886. The van der Waals surface area contributed by atoms with E-state index < -0.39 is 53.4 Å². The minimum absolute atomic E-state index is 0.00185. The summed E-state index contributed by atoms with van der Waals surface area (Å²) in [5.74, 6) is -1.85. The highest BCUT2D eigenvalue weighted by Gasteiger charge is 2.50. The van der Waals surface area contributed by atoms with Crippen LogP contribution in [0.15, 0.2) is 60.7 Å². The molecule has 2 aromatic rings. The number of nitrogens with one attached hydrogen (secondary N) is 4. The molecule has 4 amide bonds. The number of carbonyl (C=O) groups is 5. The molecule has 0 bridgehead atoms. The van der Waals surface area contributed by atoms with E-state index >= 15 is 0 Å². The van der Waals surface area contributed by atoms with Crippen LogP contribution in [0, 0.1) is 11.8 Å². The highest BCUT2D eigenvalue weighted by molar-refractivity contribution is 5.98. The molecule has 13 heteroatoms. The average molecular weight is 778 g/mol. The Hall–Kier alpha value is -4.17. The molecule has 308 valence electrons. The molecule has 0 unspecified atom stereocenters. The van der Waals surface area contributed by atoms with Crippen molar-refractivity contribution in [1.82, 2.24) is 26.2 Å². The molecule has 5 atom stereocenters. The van der Waals surface area contributed by atoms with Crippen LogP contribution in [0.2, 0.25) is 0 Å². The van der Waals surface area contributed by atoms with Crippen LogP contribution in [0.25, 0.3) is 0 Å². The van der Waals surface area contributed by atoms with Gasteiger partial charge in [-0.15, -0.1) is 0 Å². The normalized spacial score (nSPS) is 19.1. The smallest absolute Gasteiger partial charge is 0.246 e. The topological polar surface area (TPSA) is 168 Å². The van der Waals surface area contributed by atoms with Crippen LogP contribution in [0.4, 0.5) is 0 Å². The number of epoxide rings is 1. The van der Waals surface area contributed by atoms with Gasteiger partial charge >= 0.3 is 0 Å². The van der Waals surface area contributed by atoms with E-state index in [0.29, 0.717) is 64.6 Å². The molecule has 2 aromatic carbocycles. The van der Waals surface area contributed by atoms with E-state index in [1.54, 1.807) is 6.92 Å². The second kappa shape index (κ2) is 22.5. The monoisotopic (exact) mass is 777 g/mol. The van der Waals surface area contributed by atoms with Gasteiger partial charge in [-0.25, -0.2) is 0 Å². The van der Waals surface area contributed by atoms with Gasteiger partial charge in [-0.1, -0.05) is 88.4 Å². The number of aryl methyl sites for hydroxylation is 1. The number of amides is 4. The molecule has 13 nitrogen and oxygen atoms in total. The van der Waals surface area contributed by atoms with Gasteiger partial charge in [-0.3, -0.25) is 28.9 Å². The van der Waals surface area contributed by atoms with E-state index in [0.717, 1.165) is 24.2 Å². The predicted octanol–water partition coefficient (Wildman–Crippen LogP) is 2.99. The van der Waals surface area contributed by atoms with Crippen molar-refractivity contribution in [3.8, 4) is 0 Å². The van der Waals surface area contributed by atoms with Crippen LogP contribution in [-0.4, -0.2) is 117 Å². The number of Topliss-reactive ketones (excluding diaryl/α,β-unsaturated/α-hetero) is 1. The highest BCUT2D eigenvalue weighted by atomic mass is 16.6. The molecule has 0 saturated carbocycles. The molecular formula is C43H63N5O8. The maximum absolute atomic E-state index is 14.1. The zero-order valence-corrected chi connectivity index (χ0v) is 33.9. The Morgan fingerprint density at radius 2 is 1.29 bits per heavy atom. The van der Waals surface area contributed by atoms with Crippen LogP contribution in [0.5, 0.6) is 0 Å². The van der Waals surface area contributed by atoms with E-state index in [1.807, 2.05) is 74.5 Å². The largest absolute Gasteiger partial charge is 0.379 e. The summed E-state index contributed by atoms with van der Waals surface area (Å²) >= 11 is 0. The summed E-state index contributed by atoms with van der Waals surface area (Å²) in [4.78, 5) is 70.9. The van der Waals surface area contributed by atoms with Gasteiger partial charge in [0.2, 0.25) is 23.6 Å². The van der Waals surface area contributed by atoms with Crippen LogP contribution in [0.3, 0.4) is 0 Å². The van der Waals surface area contributed by atoms with Gasteiger partial charge in [-0.2, -0.15) is 0 Å². The van der Waals surface area contributed by atoms with E-state index in [9.17, 15) is 24.0 Å². The summed E-state index contributed by atoms with van der Waals surface area (Å²) in [5, 5.41) is 11.6. The number of rotatable bonds is 24.